The van der Waals surface area contributed by atoms with Crippen LogP contribution in [0, 0.1) is 11.6 Å². The molecule has 0 aliphatic heterocycles. The summed E-state index contributed by atoms with van der Waals surface area (Å²) in [5.41, 5.74) is 6.03. The summed E-state index contributed by atoms with van der Waals surface area (Å²) >= 11 is 0. The van der Waals surface area contributed by atoms with Gasteiger partial charge in [0, 0.05) is 17.7 Å². The Morgan fingerprint density at radius 3 is 2.47 bits per heavy atom. The molecule has 0 amide bonds. The summed E-state index contributed by atoms with van der Waals surface area (Å²) in [7, 11) is 0. The van der Waals surface area contributed by atoms with E-state index in [0.29, 0.717) is 5.69 Å². The molecule has 1 aromatic heterocycles. The van der Waals surface area contributed by atoms with Gasteiger partial charge in [0.25, 0.3) is 0 Å². The molecule has 6 heteroatoms. The zero-order valence-corrected chi connectivity index (χ0v) is 8.31. The molecular formula is C9H8ClF2N3. The summed E-state index contributed by atoms with van der Waals surface area (Å²) in [5, 5.41) is 6.19. The lowest BCUT2D eigenvalue weighted by Gasteiger charge is -1.98. The number of nitrogens with zero attached hydrogens (tertiary/aromatic N) is 1. The lowest BCUT2D eigenvalue weighted by Crippen LogP contribution is -1.86. The van der Waals surface area contributed by atoms with Gasteiger partial charge in [-0.05, 0) is 12.1 Å². The molecule has 0 fully saturated rings. The van der Waals surface area contributed by atoms with E-state index in [4.69, 9.17) is 5.73 Å². The maximum Gasteiger partial charge on any atom is 0.145 e. The molecule has 3 nitrogen and oxygen atoms in total. The van der Waals surface area contributed by atoms with Crippen LogP contribution < -0.4 is 5.73 Å². The highest BCUT2D eigenvalue weighted by Gasteiger charge is 2.08. The van der Waals surface area contributed by atoms with E-state index in [-0.39, 0.29) is 23.8 Å². The molecule has 0 aliphatic rings. The third kappa shape index (κ3) is 2.24. The number of hydrogen-bond donors (Lipinski definition) is 2. The predicted molar refractivity (Wildman–Crippen MR) is 55.6 cm³/mol. The Labute approximate surface area is 90.7 Å². The molecule has 0 spiro atoms. The molecule has 0 unspecified atom stereocenters. The van der Waals surface area contributed by atoms with Gasteiger partial charge < -0.3 is 5.73 Å². The average molecular weight is 232 g/mol. The maximum atomic E-state index is 13.2. The fraction of sp³-hybridized carbons (Fsp3) is 0. The molecule has 2 aromatic rings. The zero-order valence-electron chi connectivity index (χ0n) is 7.50. The Balaban J connectivity index is 0.00000112. The first-order valence-corrected chi connectivity index (χ1v) is 3.93. The summed E-state index contributed by atoms with van der Waals surface area (Å²) in [6, 6.07) is 4.80. The highest BCUT2D eigenvalue weighted by Crippen LogP contribution is 2.22. The number of halogens is 3. The molecule has 1 heterocycles. The molecule has 0 saturated carbocycles. The number of hydrogen-bond acceptors (Lipinski definition) is 2. The lowest BCUT2D eigenvalue weighted by molar-refractivity contribution is 0.585. The van der Waals surface area contributed by atoms with Gasteiger partial charge in [-0.25, -0.2) is 8.78 Å². The second kappa shape index (κ2) is 4.27. The summed E-state index contributed by atoms with van der Waals surface area (Å²) in [6.07, 6.45) is 0. The van der Waals surface area contributed by atoms with Crippen molar-refractivity contribution in [3.63, 3.8) is 0 Å². The molecule has 1 aromatic carbocycles. The minimum Gasteiger partial charge on any atom is -0.382 e. The molecule has 3 N–H and O–H groups in total. The third-order valence-corrected chi connectivity index (χ3v) is 1.82. The van der Waals surface area contributed by atoms with Crippen LogP contribution in [0.3, 0.4) is 0 Å². The van der Waals surface area contributed by atoms with Crippen LogP contribution in [0.1, 0.15) is 0 Å². The van der Waals surface area contributed by atoms with Crippen molar-refractivity contribution >= 4 is 18.2 Å². The van der Waals surface area contributed by atoms with Crippen molar-refractivity contribution < 1.29 is 8.78 Å². The quantitative estimate of drug-likeness (QED) is 0.792. The maximum absolute atomic E-state index is 13.2. The molecular weight excluding hydrogens is 224 g/mol. The lowest BCUT2D eigenvalue weighted by atomic mass is 10.1. The van der Waals surface area contributed by atoms with Gasteiger partial charge in [-0.2, -0.15) is 5.10 Å². The van der Waals surface area contributed by atoms with Gasteiger partial charge in [0.1, 0.15) is 17.5 Å². The van der Waals surface area contributed by atoms with Gasteiger partial charge in [0.15, 0.2) is 0 Å². The van der Waals surface area contributed by atoms with Crippen LogP contribution in [0.2, 0.25) is 0 Å². The number of H-pyrrole nitrogens is 1. The highest BCUT2D eigenvalue weighted by atomic mass is 35.5. The molecule has 0 saturated heterocycles. The number of benzene rings is 1. The first kappa shape index (κ1) is 11.5. The first-order valence-electron chi connectivity index (χ1n) is 3.93. The second-order valence-electron chi connectivity index (χ2n) is 2.83. The largest absolute Gasteiger partial charge is 0.382 e. The summed E-state index contributed by atoms with van der Waals surface area (Å²) in [5.74, 6) is -0.990. The Bertz CT molecular complexity index is 470. The van der Waals surface area contributed by atoms with Gasteiger partial charge >= 0.3 is 0 Å². The van der Waals surface area contributed by atoms with Gasteiger partial charge in [-0.1, -0.05) is 0 Å². The number of aromatic nitrogens is 2. The van der Waals surface area contributed by atoms with Crippen molar-refractivity contribution in [2.75, 3.05) is 5.73 Å². The normalized spacial score (nSPS) is 9.73. The number of rotatable bonds is 1. The van der Waals surface area contributed by atoms with Crippen LogP contribution in [0.5, 0.6) is 0 Å². The fourth-order valence-corrected chi connectivity index (χ4v) is 1.18. The first-order chi connectivity index (χ1) is 6.66. The summed E-state index contributed by atoms with van der Waals surface area (Å²) in [4.78, 5) is 0. The Morgan fingerprint density at radius 1 is 1.20 bits per heavy atom. The third-order valence-electron chi connectivity index (χ3n) is 1.82. The van der Waals surface area contributed by atoms with Crippen LogP contribution in [-0.4, -0.2) is 10.2 Å². The van der Waals surface area contributed by atoms with E-state index in [1.54, 1.807) is 0 Å². The van der Waals surface area contributed by atoms with Crippen LogP contribution >= 0.6 is 12.4 Å². The van der Waals surface area contributed by atoms with E-state index >= 15 is 0 Å². The van der Waals surface area contributed by atoms with Crippen LogP contribution in [0.25, 0.3) is 11.3 Å². The van der Waals surface area contributed by atoms with E-state index in [1.165, 1.54) is 18.2 Å². The van der Waals surface area contributed by atoms with E-state index in [2.05, 4.69) is 10.2 Å². The molecule has 0 atom stereocenters. The van der Waals surface area contributed by atoms with E-state index < -0.39 is 11.6 Å². The second-order valence-corrected chi connectivity index (χ2v) is 2.83. The van der Waals surface area contributed by atoms with Crippen molar-refractivity contribution in [3.8, 4) is 11.3 Å². The number of nitrogens with one attached hydrogen (secondary N) is 1. The van der Waals surface area contributed by atoms with E-state index in [0.717, 1.165) is 6.07 Å². The molecule has 0 aliphatic carbocycles. The van der Waals surface area contributed by atoms with Crippen LogP contribution in [0.4, 0.5) is 14.6 Å². The molecule has 2 rings (SSSR count). The Kier molecular flexibility index (Phi) is 3.26. The van der Waals surface area contributed by atoms with Crippen LogP contribution in [-0.2, 0) is 0 Å². The monoisotopic (exact) mass is 231 g/mol. The van der Waals surface area contributed by atoms with Gasteiger partial charge in [-0.15, -0.1) is 12.4 Å². The van der Waals surface area contributed by atoms with Crippen molar-refractivity contribution in [2.45, 2.75) is 0 Å². The molecule has 0 bridgehead atoms. The molecule has 15 heavy (non-hydrogen) atoms. The number of nitrogens with two attached hydrogens (primary N) is 1. The smallest absolute Gasteiger partial charge is 0.145 e. The van der Waals surface area contributed by atoms with Gasteiger partial charge in [-0.3, -0.25) is 5.10 Å². The summed E-state index contributed by atoms with van der Waals surface area (Å²) < 4.78 is 25.8. The number of nitrogen functional groups attached to an aromatic ring is 1. The minimum atomic E-state index is -0.645. The van der Waals surface area contributed by atoms with Crippen molar-refractivity contribution in [1.29, 1.82) is 0 Å². The zero-order chi connectivity index (χ0) is 10.1. The number of aromatic amines is 1. The van der Waals surface area contributed by atoms with Crippen molar-refractivity contribution in [2.24, 2.45) is 0 Å². The SMILES string of the molecule is Cl.Nc1cc(-c2ccc(F)cc2F)[nH]n1. The molecule has 0 radical (unpaired) electrons. The van der Waals surface area contributed by atoms with Gasteiger partial charge in [0.05, 0.1) is 5.69 Å². The number of anilines is 1. The Morgan fingerprint density at radius 2 is 1.93 bits per heavy atom. The topological polar surface area (TPSA) is 54.7 Å². The van der Waals surface area contributed by atoms with E-state index in [1.807, 2.05) is 0 Å². The summed E-state index contributed by atoms with van der Waals surface area (Å²) in [6.45, 7) is 0. The Hall–Kier alpha value is -1.62. The standard InChI is InChI=1S/C9H7F2N3.ClH/c10-5-1-2-6(7(11)3-5)8-4-9(12)14-13-8;/h1-4H,(H3,12,13,14);1H. The minimum absolute atomic E-state index is 0. The van der Waals surface area contributed by atoms with Crippen molar-refractivity contribution in [1.82, 2.24) is 10.2 Å². The van der Waals surface area contributed by atoms with Gasteiger partial charge in [0.2, 0.25) is 0 Å². The molecule has 80 valence electrons. The fourth-order valence-electron chi connectivity index (χ4n) is 1.18. The van der Waals surface area contributed by atoms with Crippen LogP contribution in [0.15, 0.2) is 24.3 Å². The van der Waals surface area contributed by atoms with E-state index in [9.17, 15) is 8.78 Å². The highest BCUT2D eigenvalue weighted by molar-refractivity contribution is 5.85. The average Bonchev–Trinajstić information content (AvgIpc) is 2.51. The van der Waals surface area contributed by atoms with Crippen molar-refractivity contribution in [3.05, 3.63) is 35.9 Å². The predicted octanol–water partition coefficient (Wildman–Crippen LogP) is 2.36.